The summed E-state index contributed by atoms with van der Waals surface area (Å²) in [6.45, 7) is 5.68. The molecule has 1 heterocycles. The van der Waals surface area contributed by atoms with Gasteiger partial charge >= 0.3 is 0 Å². The number of rotatable bonds is 10. The van der Waals surface area contributed by atoms with Gasteiger partial charge in [0, 0.05) is 0 Å². The quantitative estimate of drug-likeness (QED) is 0.286. The molecule has 0 unspecified atom stereocenters. The minimum absolute atomic E-state index is 0.228. The van der Waals surface area contributed by atoms with Crippen LogP contribution in [0.25, 0.3) is 6.08 Å². The van der Waals surface area contributed by atoms with Gasteiger partial charge in [0.1, 0.15) is 23.3 Å². The minimum Gasteiger partial charge on any atom is -0.493 e. The molecule has 0 bridgehead atoms. The van der Waals surface area contributed by atoms with Gasteiger partial charge in [-0.2, -0.15) is 0 Å². The Bertz CT molecular complexity index is 1040. The molecule has 0 atom stereocenters. The maximum absolute atomic E-state index is 11.9. The number of hydrogen-bond donors (Lipinski definition) is 1. The summed E-state index contributed by atoms with van der Waals surface area (Å²) in [6, 6.07) is 9.46. The van der Waals surface area contributed by atoms with E-state index in [-0.39, 0.29) is 5.91 Å². The molecule has 2 aromatic carbocycles. The van der Waals surface area contributed by atoms with E-state index in [0.29, 0.717) is 57.7 Å². The average Bonchev–Trinajstić information content (AvgIpc) is 3.07. The summed E-state index contributed by atoms with van der Waals surface area (Å²) in [6.07, 6.45) is 1.70. The van der Waals surface area contributed by atoms with Crippen LogP contribution in [0.4, 0.5) is 0 Å². The van der Waals surface area contributed by atoms with Crippen LogP contribution in [-0.2, 0) is 9.53 Å². The molecule has 9 heteroatoms. The number of carbonyl (C=O) groups is 1. The largest absolute Gasteiger partial charge is 0.493 e. The molecule has 1 amide bonds. The van der Waals surface area contributed by atoms with Crippen molar-refractivity contribution in [2.24, 2.45) is 0 Å². The smallest absolute Gasteiger partial charge is 0.263 e. The Labute approximate surface area is 202 Å². The maximum atomic E-state index is 11.9. The topological polar surface area (TPSA) is 66.0 Å². The number of halogens is 1. The Balaban J connectivity index is 1.47. The zero-order chi connectivity index (χ0) is 23.1. The summed E-state index contributed by atoms with van der Waals surface area (Å²) in [5.41, 5.74) is 3.14. The highest BCUT2D eigenvalue weighted by Crippen LogP contribution is 2.38. The van der Waals surface area contributed by atoms with Gasteiger partial charge in [0.2, 0.25) is 0 Å². The number of nitrogens with one attached hydrogen (secondary N) is 1. The van der Waals surface area contributed by atoms with Crippen molar-refractivity contribution in [1.29, 1.82) is 0 Å². The van der Waals surface area contributed by atoms with Crippen molar-refractivity contribution in [2.45, 2.75) is 13.8 Å². The van der Waals surface area contributed by atoms with Crippen LogP contribution in [0.3, 0.4) is 0 Å². The highest BCUT2D eigenvalue weighted by Gasteiger charge is 2.22. The van der Waals surface area contributed by atoms with E-state index in [4.69, 9.17) is 42.8 Å². The van der Waals surface area contributed by atoms with E-state index in [2.05, 4.69) is 19.2 Å². The fraction of sp³-hybridized carbons (Fsp3) is 0.304. The van der Waals surface area contributed by atoms with Crippen LogP contribution in [0.5, 0.6) is 17.2 Å². The van der Waals surface area contributed by atoms with Crippen LogP contribution in [0.1, 0.15) is 16.7 Å². The normalized spacial score (nSPS) is 14.6. The van der Waals surface area contributed by atoms with Gasteiger partial charge in [-0.1, -0.05) is 41.6 Å². The first kappa shape index (κ1) is 24.4. The van der Waals surface area contributed by atoms with Crippen molar-refractivity contribution in [1.82, 2.24) is 5.32 Å². The number of ether oxygens (including phenoxy) is 4. The number of amides is 1. The van der Waals surface area contributed by atoms with Crippen LogP contribution >= 0.6 is 35.6 Å². The summed E-state index contributed by atoms with van der Waals surface area (Å²) >= 11 is 12.6. The van der Waals surface area contributed by atoms with E-state index in [1.807, 2.05) is 18.2 Å². The van der Waals surface area contributed by atoms with Crippen molar-refractivity contribution in [3.8, 4) is 17.2 Å². The van der Waals surface area contributed by atoms with Gasteiger partial charge in [0.25, 0.3) is 5.91 Å². The van der Waals surface area contributed by atoms with Gasteiger partial charge < -0.3 is 24.3 Å². The predicted molar refractivity (Wildman–Crippen MR) is 132 cm³/mol. The summed E-state index contributed by atoms with van der Waals surface area (Å²) in [7, 11) is 1.53. The number of thiocarbonyl (C=S) groups is 1. The molecule has 2 aromatic rings. The molecular weight excluding hydrogens is 470 g/mol. The molecule has 0 radical (unpaired) electrons. The fourth-order valence-electron chi connectivity index (χ4n) is 2.86. The van der Waals surface area contributed by atoms with E-state index < -0.39 is 0 Å². The maximum Gasteiger partial charge on any atom is 0.263 e. The lowest BCUT2D eigenvalue weighted by Gasteiger charge is -2.14. The first-order valence-corrected chi connectivity index (χ1v) is 11.5. The zero-order valence-electron chi connectivity index (χ0n) is 18.0. The molecule has 1 N–H and O–H groups in total. The van der Waals surface area contributed by atoms with Crippen molar-refractivity contribution >= 4 is 51.9 Å². The Morgan fingerprint density at radius 2 is 1.81 bits per heavy atom. The minimum atomic E-state index is -0.228. The molecule has 0 aromatic heterocycles. The highest BCUT2D eigenvalue weighted by atomic mass is 35.5. The van der Waals surface area contributed by atoms with E-state index in [1.165, 1.54) is 30.0 Å². The SMILES string of the molecule is COc1cc(/C=C2/SC(=S)NC2=O)cc(Cl)c1OCCOCCOc1ccc(C)c(C)c1. The van der Waals surface area contributed by atoms with Crippen molar-refractivity contribution in [2.75, 3.05) is 33.5 Å². The van der Waals surface area contributed by atoms with Gasteiger partial charge in [-0.3, -0.25) is 4.79 Å². The Kier molecular flexibility index (Phi) is 8.81. The summed E-state index contributed by atoms with van der Waals surface area (Å²) in [4.78, 5) is 12.4. The van der Waals surface area contributed by atoms with Gasteiger partial charge in [0.15, 0.2) is 11.5 Å². The van der Waals surface area contributed by atoms with Gasteiger partial charge in [0.05, 0.1) is 30.3 Å². The van der Waals surface area contributed by atoms with E-state index in [1.54, 1.807) is 18.2 Å². The molecule has 32 heavy (non-hydrogen) atoms. The molecule has 6 nitrogen and oxygen atoms in total. The lowest BCUT2D eigenvalue weighted by molar-refractivity contribution is -0.115. The number of carbonyl (C=O) groups excluding carboxylic acids is 1. The summed E-state index contributed by atoms with van der Waals surface area (Å²) < 4.78 is 22.9. The van der Waals surface area contributed by atoms with E-state index >= 15 is 0 Å². The molecule has 0 spiro atoms. The second-order valence-electron chi connectivity index (χ2n) is 6.94. The molecule has 1 aliphatic heterocycles. The Morgan fingerprint density at radius 3 is 2.47 bits per heavy atom. The number of hydrogen-bond acceptors (Lipinski definition) is 7. The lowest BCUT2D eigenvalue weighted by Crippen LogP contribution is -2.17. The fourth-order valence-corrected chi connectivity index (χ4v) is 4.18. The number of aryl methyl sites for hydroxylation is 2. The Morgan fingerprint density at radius 1 is 1.06 bits per heavy atom. The predicted octanol–water partition coefficient (Wildman–Crippen LogP) is 4.93. The molecule has 1 fully saturated rings. The lowest BCUT2D eigenvalue weighted by atomic mass is 10.1. The zero-order valence-corrected chi connectivity index (χ0v) is 20.4. The molecule has 0 aliphatic carbocycles. The van der Waals surface area contributed by atoms with Gasteiger partial charge in [-0.25, -0.2) is 0 Å². The average molecular weight is 494 g/mol. The summed E-state index contributed by atoms with van der Waals surface area (Å²) in [5, 5.41) is 2.96. The monoisotopic (exact) mass is 493 g/mol. The molecule has 0 saturated carbocycles. The third kappa shape index (κ3) is 6.62. The van der Waals surface area contributed by atoms with Crippen LogP contribution in [0.15, 0.2) is 35.2 Å². The molecule has 1 aliphatic rings. The van der Waals surface area contributed by atoms with E-state index in [9.17, 15) is 4.79 Å². The Hall–Kier alpha value is -2.26. The second kappa shape index (κ2) is 11.6. The third-order valence-electron chi connectivity index (χ3n) is 4.64. The van der Waals surface area contributed by atoms with Gasteiger partial charge in [-0.15, -0.1) is 0 Å². The number of thioether (sulfide) groups is 1. The number of benzene rings is 2. The van der Waals surface area contributed by atoms with E-state index in [0.717, 1.165) is 5.75 Å². The summed E-state index contributed by atoms with van der Waals surface area (Å²) in [5.74, 6) is 1.49. The molecule has 3 rings (SSSR count). The molecular formula is C23H24ClNO5S2. The second-order valence-corrected chi connectivity index (χ2v) is 9.07. The van der Waals surface area contributed by atoms with Gasteiger partial charge in [-0.05, 0) is 60.9 Å². The van der Waals surface area contributed by atoms with Crippen molar-refractivity contribution < 1.29 is 23.7 Å². The van der Waals surface area contributed by atoms with Crippen LogP contribution in [0, 0.1) is 13.8 Å². The first-order chi connectivity index (χ1) is 15.4. The van der Waals surface area contributed by atoms with Crippen LogP contribution in [0.2, 0.25) is 5.02 Å². The van der Waals surface area contributed by atoms with Crippen LogP contribution < -0.4 is 19.5 Å². The van der Waals surface area contributed by atoms with Crippen molar-refractivity contribution in [3.05, 3.63) is 56.9 Å². The molecule has 170 valence electrons. The molecule has 1 saturated heterocycles. The van der Waals surface area contributed by atoms with Crippen LogP contribution in [-0.4, -0.2) is 43.8 Å². The third-order valence-corrected chi connectivity index (χ3v) is 6.08. The first-order valence-electron chi connectivity index (χ1n) is 9.90. The standard InChI is InChI=1S/C23H24ClNO5S2/c1-14-4-5-17(10-15(14)2)29-8-6-28-7-9-30-21-18(24)11-16(12-19(21)27-3)13-20-22(26)25-23(31)32-20/h4-5,10-13H,6-9H2,1-3H3,(H,25,26,31)/b20-13+. The number of methoxy groups -OCH3 is 1. The van der Waals surface area contributed by atoms with Crippen molar-refractivity contribution in [3.63, 3.8) is 0 Å². The highest BCUT2D eigenvalue weighted by molar-refractivity contribution is 8.26.